The van der Waals surface area contributed by atoms with Gasteiger partial charge in [0.05, 0.1) is 0 Å². The number of aromatic hydroxyl groups is 1. The topological polar surface area (TPSA) is 72.3 Å². The minimum atomic E-state index is 0.0470. The summed E-state index contributed by atoms with van der Waals surface area (Å²) >= 11 is 5.68. The highest BCUT2D eigenvalue weighted by molar-refractivity contribution is 6.30. The van der Waals surface area contributed by atoms with E-state index in [0.29, 0.717) is 16.3 Å². The number of nitrogens with zero attached hydrogens (tertiary/aromatic N) is 1. The molecule has 0 saturated carbocycles. The predicted octanol–water partition coefficient (Wildman–Crippen LogP) is 2.28. The lowest BCUT2D eigenvalue weighted by atomic mass is 10.1. The maximum Gasteiger partial charge on any atom is 0.222 e. The van der Waals surface area contributed by atoms with Gasteiger partial charge in [0.2, 0.25) is 5.88 Å². The van der Waals surface area contributed by atoms with Crippen molar-refractivity contribution in [3.8, 4) is 17.0 Å². The molecule has 5 heteroatoms. The van der Waals surface area contributed by atoms with E-state index in [0.717, 1.165) is 0 Å². The van der Waals surface area contributed by atoms with Crippen LogP contribution in [0.1, 0.15) is 0 Å². The van der Waals surface area contributed by atoms with Crippen molar-refractivity contribution in [3.63, 3.8) is 0 Å². The van der Waals surface area contributed by atoms with Crippen LogP contribution in [0.25, 0.3) is 11.3 Å². The number of anilines is 1. The summed E-state index contributed by atoms with van der Waals surface area (Å²) in [6.45, 7) is 0. The molecule has 14 heavy (non-hydrogen) atoms. The second-order valence-electron chi connectivity index (χ2n) is 2.78. The average molecular weight is 211 g/mol. The van der Waals surface area contributed by atoms with E-state index in [1.807, 2.05) is 0 Å². The molecule has 1 heterocycles. The summed E-state index contributed by atoms with van der Waals surface area (Å²) in [4.78, 5) is 0. The molecule has 1 aromatic heterocycles. The van der Waals surface area contributed by atoms with Gasteiger partial charge in [-0.05, 0) is 18.2 Å². The van der Waals surface area contributed by atoms with Crippen molar-refractivity contribution >= 4 is 17.5 Å². The maximum atomic E-state index is 9.55. The summed E-state index contributed by atoms with van der Waals surface area (Å²) in [7, 11) is 0. The van der Waals surface area contributed by atoms with Crippen LogP contribution >= 0.6 is 11.6 Å². The number of rotatable bonds is 1. The maximum absolute atomic E-state index is 9.55. The molecule has 3 N–H and O–H groups in total. The Bertz CT molecular complexity index is 468. The lowest BCUT2D eigenvalue weighted by molar-refractivity contribution is 0.437. The summed E-state index contributed by atoms with van der Waals surface area (Å²) < 4.78 is 4.69. The molecule has 0 aliphatic carbocycles. The van der Waals surface area contributed by atoms with Gasteiger partial charge >= 0.3 is 0 Å². The molecule has 72 valence electrons. The average Bonchev–Trinajstić information content (AvgIpc) is 2.51. The summed E-state index contributed by atoms with van der Waals surface area (Å²) in [6, 6.07) is 6.27. The molecule has 0 saturated heterocycles. The molecule has 0 amide bonds. The van der Waals surface area contributed by atoms with Crippen LogP contribution in [0.2, 0.25) is 5.02 Å². The van der Waals surface area contributed by atoms with E-state index >= 15 is 0 Å². The smallest absolute Gasteiger partial charge is 0.222 e. The Balaban J connectivity index is 2.52. The third-order valence-electron chi connectivity index (χ3n) is 1.76. The van der Waals surface area contributed by atoms with E-state index in [2.05, 4.69) is 9.68 Å². The molecular formula is C9H7ClN2O2. The Hall–Kier alpha value is -1.68. The van der Waals surface area contributed by atoms with Gasteiger partial charge in [-0.25, -0.2) is 0 Å². The van der Waals surface area contributed by atoms with Crippen molar-refractivity contribution in [2.45, 2.75) is 0 Å². The van der Waals surface area contributed by atoms with Gasteiger partial charge in [-0.15, -0.1) is 0 Å². The van der Waals surface area contributed by atoms with Crippen LogP contribution in [0.5, 0.6) is 5.75 Å². The van der Waals surface area contributed by atoms with Crippen molar-refractivity contribution in [1.29, 1.82) is 0 Å². The Morgan fingerprint density at radius 3 is 2.71 bits per heavy atom. The van der Waals surface area contributed by atoms with Gasteiger partial charge in [-0.3, -0.25) is 0 Å². The van der Waals surface area contributed by atoms with E-state index in [9.17, 15) is 5.11 Å². The van der Waals surface area contributed by atoms with E-state index in [4.69, 9.17) is 17.3 Å². The van der Waals surface area contributed by atoms with Crippen LogP contribution in [0.4, 0.5) is 5.88 Å². The standard InChI is InChI=1S/C9H7ClN2O2/c10-5-1-2-6(8(13)3-5)7-4-9(11)14-12-7/h1-4,13H,11H2. The molecule has 0 aliphatic rings. The first-order valence-electron chi connectivity index (χ1n) is 3.88. The second kappa shape index (κ2) is 3.23. The summed E-state index contributed by atoms with van der Waals surface area (Å²) in [5, 5.41) is 13.7. The second-order valence-corrected chi connectivity index (χ2v) is 3.21. The van der Waals surface area contributed by atoms with Gasteiger partial charge in [0.15, 0.2) is 0 Å². The number of aromatic nitrogens is 1. The number of phenolic OH excluding ortho intramolecular Hbond substituents is 1. The number of benzene rings is 1. The van der Waals surface area contributed by atoms with Crippen molar-refractivity contribution < 1.29 is 9.63 Å². The minimum absolute atomic E-state index is 0.0470. The molecule has 0 atom stereocenters. The van der Waals surface area contributed by atoms with Crippen LogP contribution in [0.3, 0.4) is 0 Å². The van der Waals surface area contributed by atoms with Crippen molar-refractivity contribution in [3.05, 3.63) is 29.3 Å². The monoisotopic (exact) mass is 210 g/mol. The molecule has 1 aromatic carbocycles. The summed E-state index contributed by atoms with van der Waals surface area (Å²) in [5.74, 6) is 0.250. The third-order valence-corrected chi connectivity index (χ3v) is 2.00. The Morgan fingerprint density at radius 1 is 1.36 bits per heavy atom. The molecule has 0 bridgehead atoms. The van der Waals surface area contributed by atoms with Gasteiger partial charge in [0.1, 0.15) is 11.4 Å². The van der Waals surface area contributed by atoms with Crippen LogP contribution in [-0.2, 0) is 0 Å². The van der Waals surface area contributed by atoms with E-state index < -0.39 is 0 Å². The van der Waals surface area contributed by atoms with Crippen LogP contribution in [0, 0.1) is 0 Å². The van der Waals surface area contributed by atoms with Gasteiger partial charge < -0.3 is 15.4 Å². The zero-order chi connectivity index (χ0) is 10.1. The van der Waals surface area contributed by atoms with Crippen molar-refractivity contribution in [1.82, 2.24) is 5.16 Å². The minimum Gasteiger partial charge on any atom is -0.507 e. The van der Waals surface area contributed by atoms with E-state index in [1.54, 1.807) is 12.1 Å². The highest BCUT2D eigenvalue weighted by Gasteiger charge is 2.09. The predicted molar refractivity (Wildman–Crippen MR) is 53.0 cm³/mol. The Labute approximate surface area is 84.9 Å². The number of phenols is 1. The Kier molecular flexibility index (Phi) is 2.05. The molecule has 0 unspecified atom stereocenters. The third kappa shape index (κ3) is 1.52. The fourth-order valence-electron chi connectivity index (χ4n) is 1.14. The molecule has 4 nitrogen and oxygen atoms in total. The van der Waals surface area contributed by atoms with Crippen LogP contribution in [0.15, 0.2) is 28.8 Å². The van der Waals surface area contributed by atoms with Crippen molar-refractivity contribution in [2.24, 2.45) is 0 Å². The molecule has 0 radical (unpaired) electrons. The van der Waals surface area contributed by atoms with Gasteiger partial charge in [0, 0.05) is 16.7 Å². The normalized spacial score (nSPS) is 10.4. The molecule has 0 aliphatic heterocycles. The quantitative estimate of drug-likeness (QED) is 0.758. The molecule has 2 rings (SSSR count). The lowest BCUT2D eigenvalue weighted by Gasteiger charge is -1.99. The van der Waals surface area contributed by atoms with Crippen LogP contribution < -0.4 is 5.73 Å². The largest absolute Gasteiger partial charge is 0.507 e. The van der Waals surface area contributed by atoms with Gasteiger partial charge in [-0.1, -0.05) is 16.8 Å². The highest BCUT2D eigenvalue weighted by atomic mass is 35.5. The zero-order valence-corrected chi connectivity index (χ0v) is 7.82. The molecular weight excluding hydrogens is 204 g/mol. The Morgan fingerprint density at radius 2 is 2.14 bits per heavy atom. The van der Waals surface area contributed by atoms with Crippen molar-refractivity contribution in [2.75, 3.05) is 5.73 Å². The fraction of sp³-hybridized carbons (Fsp3) is 0. The van der Waals surface area contributed by atoms with Gasteiger partial charge in [-0.2, -0.15) is 0 Å². The number of nitrogens with two attached hydrogens (primary N) is 1. The first kappa shape index (κ1) is 8.90. The molecule has 0 fully saturated rings. The number of hydrogen-bond donors (Lipinski definition) is 2. The number of hydrogen-bond acceptors (Lipinski definition) is 4. The van der Waals surface area contributed by atoms with E-state index in [-0.39, 0.29) is 11.6 Å². The number of halogens is 1. The van der Waals surface area contributed by atoms with E-state index in [1.165, 1.54) is 12.1 Å². The first-order chi connectivity index (χ1) is 6.66. The SMILES string of the molecule is Nc1cc(-c2ccc(Cl)cc2O)no1. The molecule has 0 spiro atoms. The zero-order valence-electron chi connectivity index (χ0n) is 7.07. The summed E-state index contributed by atoms with van der Waals surface area (Å²) in [6.07, 6.45) is 0. The van der Waals surface area contributed by atoms with Crippen LogP contribution in [-0.4, -0.2) is 10.3 Å². The lowest BCUT2D eigenvalue weighted by Crippen LogP contribution is -1.79. The number of nitrogen functional groups attached to an aromatic ring is 1. The molecule has 2 aromatic rings. The van der Waals surface area contributed by atoms with Gasteiger partial charge in [0.25, 0.3) is 0 Å². The first-order valence-corrected chi connectivity index (χ1v) is 4.25. The fourth-order valence-corrected chi connectivity index (χ4v) is 1.30. The highest BCUT2D eigenvalue weighted by Crippen LogP contribution is 2.31. The summed E-state index contributed by atoms with van der Waals surface area (Å²) in [5.41, 5.74) is 6.38.